The quantitative estimate of drug-likeness (QED) is 0.182. The van der Waals surface area contributed by atoms with Gasteiger partial charge in [-0.1, -0.05) is 56.2 Å². The van der Waals surface area contributed by atoms with E-state index in [1.54, 1.807) is 12.1 Å². The zero-order chi connectivity index (χ0) is 26.5. The number of nitro benzene ring substituents is 1. The number of amidine groups is 1. The third-order valence-electron chi connectivity index (χ3n) is 6.96. The number of non-ortho nitro benzene ring substituents is 1. The number of amides is 1. The third-order valence-corrected chi connectivity index (χ3v) is 7.95. The first-order chi connectivity index (χ1) is 18.5. The van der Waals surface area contributed by atoms with E-state index in [0.717, 1.165) is 41.2 Å². The molecule has 0 radical (unpaired) electrons. The number of aliphatic imine (C=N–C) groups is 1. The van der Waals surface area contributed by atoms with Crippen molar-refractivity contribution in [3.63, 3.8) is 0 Å². The standard InChI is InChI=1S/C30H29N3O4S/c1-21-9-5-7-13-26(21)32-29(34)28(38-30(32)31-24-11-3-2-4-12-24)19-23-10-6-8-14-27(23)37-20-22-15-17-25(18-16-22)33(35)36/h2-4,6,8,10-12,14-19,21,26H,5,7,9,13,20H2,1H3/b28-19-,31-30?/t21-,26-/m1/s1. The summed E-state index contributed by atoms with van der Waals surface area (Å²) in [5, 5.41) is 11.6. The minimum absolute atomic E-state index is 0.0198. The second-order valence-corrected chi connectivity index (χ2v) is 10.6. The van der Waals surface area contributed by atoms with Gasteiger partial charge in [-0.05, 0) is 72.5 Å². The average molecular weight is 528 g/mol. The lowest BCUT2D eigenvalue weighted by Crippen LogP contribution is -2.44. The number of carbonyl (C=O) groups excluding carboxylic acids is 1. The molecule has 38 heavy (non-hydrogen) atoms. The molecule has 1 amide bonds. The maximum Gasteiger partial charge on any atom is 0.269 e. The van der Waals surface area contributed by atoms with E-state index in [1.165, 1.54) is 30.3 Å². The maximum atomic E-state index is 13.8. The molecule has 0 N–H and O–H groups in total. The molecule has 8 heteroatoms. The van der Waals surface area contributed by atoms with Crippen LogP contribution in [0.4, 0.5) is 11.4 Å². The van der Waals surface area contributed by atoms with E-state index >= 15 is 0 Å². The molecule has 2 atom stereocenters. The van der Waals surface area contributed by atoms with E-state index in [4.69, 9.17) is 9.73 Å². The Morgan fingerprint density at radius 3 is 2.47 bits per heavy atom. The fourth-order valence-electron chi connectivity index (χ4n) is 4.90. The van der Waals surface area contributed by atoms with Crippen molar-refractivity contribution in [1.82, 2.24) is 4.90 Å². The molecule has 0 spiro atoms. The van der Waals surface area contributed by atoms with Crippen LogP contribution < -0.4 is 4.74 Å². The summed E-state index contributed by atoms with van der Waals surface area (Å²) < 4.78 is 6.07. The third kappa shape index (κ3) is 5.81. The van der Waals surface area contributed by atoms with Crippen LogP contribution in [0.5, 0.6) is 5.75 Å². The molecule has 2 fully saturated rings. The van der Waals surface area contributed by atoms with Gasteiger partial charge in [0, 0.05) is 23.7 Å². The summed E-state index contributed by atoms with van der Waals surface area (Å²) >= 11 is 1.41. The number of nitro groups is 1. The van der Waals surface area contributed by atoms with Crippen LogP contribution in [0.2, 0.25) is 0 Å². The highest BCUT2D eigenvalue weighted by atomic mass is 32.2. The topological polar surface area (TPSA) is 85.0 Å². The predicted molar refractivity (Wildman–Crippen MR) is 151 cm³/mol. The molecule has 194 valence electrons. The number of hydrogen-bond donors (Lipinski definition) is 0. The monoisotopic (exact) mass is 527 g/mol. The van der Waals surface area contributed by atoms with Gasteiger partial charge in [0.05, 0.1) is 15.5 Å². The molecule has 0 aromatic heterocycles. The molecule has 7 nitrogen and oxygen atoms in total. The minimum Gasteiger partial charge on any atom is -0.488 e. The smallest absolute Gasteiger partial charge is 0.269 e. The molecule has 3 aromatic rings. The lowest BCUT2D eigenvalue weighted by Gasteiger charge is -2.35. The second kappa shape index (κ2) is 11.6. The molecule has 5 rings (SSSR count). The zero-order valence-electron chi connectivity index (χ0n) is 21.2. The summed E-state index contributed by atoms with van der Waals surface area (Å²) in [6, 6.07) is 23.8. The molecule has 1 aliphatic carbocycles. The molecule has 1 heterocycles. The minimum atomic E-state index is -0.422. The van der Waals surface area contributed by atoms with Crippen LogP contribution in [0.3, 0.4) is 0 Å². The molecule has 1 saturated heterocycles. The van der Waals surface area contributed by atoms with Gasteiger partial charge < -0.3 is 4.74 Å². The lowest BCUT2D eigenvalue weighted by atomic mass is 9.85. The van der Waals surface area contributed by atoms with Gasteiger partial charge in [-0.3, -0.25) is 19.8 Å². The van der Waals surface area contributed by atoms with Crippen LogP contribution in [-0.4, -0.2) is 26.9 Å². The van der Waals surface area contributed by atoms with Crippen molar-refractivity contribution in [3.8, 4) is 5.75 Å². The predicted octanol–water partition coefficient (Wildman–Crippen LogP) is 7.36. The van der Waals surface area contributed by atoms with Crippen LogP contribution in [0.1, 0.15) is 43.7 Å². The van der Waals surface area contributed by atoms with Crippen molar-refractivity contribution in [2.45, 2.75) is 45.3 Å². The summed E-state index contributed by atoms with van der Waals surface area (Å²) in [6.45, 7) is 2.48. The van der Waals surface area contributed by atoms with E-state index in [-0.39, 0.29) is 24.2 Å². The van der Waals surface area contributed by atoms with Gasteiger partial charge >= 0.3 is 0 Å². The van der Waals surface area contributed by atoms with E-state index in [1.807, 2.05) is 65.6 Å². The molecule has 0 unspecified atom stereocenters. The second-order valence-electron chi connectivity index (χ2n) is 9.59. The summed E-state index contributed by atoms with van der Waals surface area (Å²) in [4.78, 5) is 31.7. The number of rotatable bonds is 7. The summed E-state index contributed by atoms with van der Waals surface area (Å²) in [6.07, 6.45) is 6.27. The number of hydrogen-bond acceptors (Lipinski definition) is 6. The van der Waals surface area contributed by atoms with Gasteiger partial charge in [0.25, 0.3) is 11.6 Å². The molecule has 1 saturated carbocycles. The number of para-hydroxylation sites is 2. The highest BCUT2D eigenvalue weighted by molar-refractivity contribution is 8.18. The zero-order valence-corrected chi connectivity index (χ0v) is 22.0. The van der Waals surface area contributed by atoms with Crippen LogP contribution in [0.15, 0.2) is 88.8 Å². The Kier molecular flexibility index (Phi) is 7.89. The van der Waals surface area contributed by atoms with Crippen molar-refractivity contribution in [1.29, 1.82) is 0 Å². The van der Waals surface area contributed by atoms with Gasteiger partial charge in [0.15, 0.2) is 5.17 Å². The van der Waals surface area contributed by atoms with Crippen molar-refractivity contribution < 1.29 is 14.5 Å². The Hall–Kier alpha value is -3.91. The van der Waals surface area contributed by atoms with Crippen molar-refractivity contribution in [3.05, 3.63) is 105 Å². The first-order valence-corrected chi connectivity index (χ1v) is 13.6. The van der Waals surface area contributed by atoms with E-state index in [9.17, 15) is 14.9 Å². The summed E-state index contributed by atoms with van der Waals surface area (Å²) in [7, 11) is 0. The number of ether oxygens (including phenoxy) is 1. The maximum absolute atomic E-state index is 13.8. The molecule has 1 aliphatic heterocycles. The summed E-state index contributed by atoms with van der Waals surface area (Å²) in [5.74, 6) is 1.03. The SMILES string of the molecule is C[C@@H]1CCCC[C@H]1N1C(=O)/C(=C/c2ccccc2OCc2ccc([N+](=O)[O-])cc2)SC1=Nc1ccccc1. The Morgan fingerprint density at radius 2 is 1.74 bits per heavy atom. The number of thioether (sulfide) groups is 1. The van der Waals surface area contributed by atoms with Crippen molar-refractivity contribution in [2.24, 2.45) is 10.9 Å². The summed E-state index contributed by atoms with van der Waals surface area (Å²) in [5.41, 5.74) is 2.48. The van der Waals surface area contributed by atoms with E-state index < -0.39 is 4.92 Å². The Morgan fingerprint density at radius 1 is 1.03 bits per heavy atom. The lowest BCUT2D eigenvalue weighted by molar-refractivity contribution is -0.384. The normalized spacial score (nSPS) is 21.7. The Bertz CT molecular complexity index is 1370. The highest BCUT2D eigenvalue weighted by Crippen LogP contribution is 2.40. The van der Waals surface area contributed by atoms with Crippen LogP contribution >= 0.6 is 11.8 Å². The highest BCUT2D eigenvalue weighted by Gasteiger charge is 2.41. The van der Waals surface area contributed by atoms with Crippen molar-refractivity contribution >= 4 is 40.3 Å². The van der Waals surface area contributed by atoms with Crippen molar-refractivity contribution in [2.75, 3.05) is 0 Å². The molecular formula is C30H29N3O4S. The van der Waals surface area contributed by atoms with Gasteiger partial charge in [-0.25, -0.2) is 4.99 Å². The van der Waals surface area contributed by atoms with E-state index in [2.05, 4.69) is 6.92 Å². The molecule has 2 aliphatic rings. The number of benzene rings is 3. The Balaban J connectivity index is 1.42. The molecular weight excluding hydrogens is 498 g/mol. The fraction of sp³-hybridized carbons (Fsp3) is 0.267. The molecule has 0 bridgehead atoms. The van der Waals surface area contributed by atoms with Gasteiger partial charge in [-0.15, -0.1) is 0 Å². The number of carbonyl (C=O) groups is 1. The Labute approximate surface area is 226 Å². The fourth-order valence-corrected chi connectivity index (χ4v) is 5.93. The number of nitrogens with zero attached hydrogens (tertiary/aromatic N) is 3. The van der Waals surface area contributed by atoms with E-state index in [0.29, 0.717) is 16.6 Å². The average Bonchev–Trinajstić information content (AvgIpc) is 3.23. The molecule has 3 aromatic carbocycles. The largest absolute Gasteiger partial charge is 0.488 e. The van der Waals surface area contributed by atoms with Gasteiger partial charge in [0.2, 0.25) is 0 Å². The first kappa shape index (κ1) is 25.7. The van der Waals surface area contributed by atoms with Gasteiger partial charge in [-0.2, -0.15) is 0 Å². The van der Waals surface area contributed by atoms with Crippen LogP contribution in [0.25, 0.3) is 6.08 Å². The van der Waals surface area contributed by atoms with Gasteiger partial charge in [0.1, 0.15) is 12.4 Å². The van der Waals surface area contributed by atoms with Crippen LogP contribution in [-0.2, 0) is 11.4 Å². The first-order valence-electron chi connectivity index (χ1n) is 12.8. The van der Waals surface area contributed by atoms with Crippen LogP contribution in [0, 0.1) is 16.0 Å².